The molecule has 3 aliphatic rings. The van der Waals surface area contributed by atoms with Gasteiger partial charge in [0.15, 0.2) is 0 Å². The second-order valence-electron chi connectivity index (χ2n) is 9.05. The van der Waals surface area contributed by atoms with Crippen LogP contribution in [-0.4, -0.2) is 65.0 Å². The molecule has 2 aliphatic heterocycles. The summed E-state index contributed by atoms with van der Waals surface area (Å²) in [5.74, 6) is 0.0671. The molecule has 2 atom stereocenters. The fraction of sp³-hybridized carbons (Fsp3) is 0.560. The summed E-state index contributed by atoms with van der Waals surface area (Å²) in [4.78, 5) is 42.1. The zero-order valence-corrected chi connectivity index (χ0v) is 19.7. The van der Waals surface area contributed by atoms with Gasteiger partial charge in [-0.15, -0.1) is 11.8 Å². The molecule has 6 nitrogen and oxygen atoms in total. The van der Waals surface area contributed by atoms with Gasteiger partial charge in [0.25, 0.3) is 5.91 Å². The minimum absolute atomic E-state index is 0.0310. The monoisotopic (exact) mass is 455 g/mol. The molecule has 2 saturated heterocycles. The molecule has 7 heteroatoms. The number of thioether (sulfide) groups is 1. The number of nitrogens with zero attached hydrogens (tertiary/aromatic N) is 2. The third kappa shape index (κ3) is 5.55. The van der Waals surface area contributed by atoms with E-state index in [2.05, 4.69) is 17.4 Å². The summed E-state index contributed by atoms with van der Waals surface area (Å²) in [6.45, 7) is 4.19. The van der Waals surface area contributed by atoms with Gasteiger partial charge in [-0.3, -0.25) is 14.4 Å². The molecule has 1 aliphatic carbocycles. The van der Waals surface area contributed by atoms with Crippen LogP contribution in [0, 0.1) is 6.92 Å². The van der Waals surface area contributed by atoms with Gasteiger partial charge in [0.05, 0.1) is 4.91 Å². The average molecular weight is 456 g/mol. The van der Waals surface area contributed by atoms with E-state index >= 15 is 0 Å². The second-order valence-corrected chi connectivity index (χ2v) is 10.3. The van der Waals surface area contributed by atoms with Gasteiger partial charge < -0.3 is 15.1 Å². The number of benzene rings is 1. The van der Waals surface area contributed by atoms with E-state index in [-0.39, 0.29) is 30.3 Å². The van der Waals surface area contributed by atoms with E-state index in [1.165, 1.54) is 12.0 Å². The van der Waals surface area contributed by atoms with Gasteiger partial charge in [-0.05, 0) is 44.2 Å². The van der Waals surface area contributed by atoms with Gasteiger partial charge in [0, 0.05) is 37.3 Å². The molecule has 0 bridgehead atoms. The third-order valence-corrected chi connectivity index (χ3v) is 8.00. The predicted octanol–water partition coefficient (Wildman–Crippen LogP) is 3.35. The number of aryl methyl sites for hydroxylation is 1. The number of likely N-dealkylation sites (tertiary alicyclic amines) is 1. The molecule has 2 unspecified atom stereocenters. The Hall–Kier alpha value is -2.28. The summed E-state index contributed by atoms with van der Waals surface area (Å²) in [5.41, 5.74) is 2.20. The average Bonchev–Trinajstić information content (AvgIpc) is 3.20. The Morgan fingerprint density at radius 2 is 1.94 bits per heavy atom. The molecule has 0 spiro atoms. The highest BCUT2D eigenvalue weighted by Gasteiger charge is 2.41. The molecule has 4 rings (SSSR count). The molecule has 172 valence electrons. The Morgan fingerprint density at radius 1 is 1.16 bits per heavy atom. The molecule has 1 saturated carbocycles. The van der Waals surface area contributed by atoms with Gasteiger partial charge in [0.1, 0.15) is 6.54 Å². The molecular formula is C25H33N3O3S. The van der Waals surface area contributed by atoms with Crippen molar-refractivity contribution in [3.05, 3.63) is 40.3 Å². The number of nitrogens with one attached hydrogen (secondary N) is 1. The maximum atomic E-state index is 13.3. The molecule has 32 heavy (non-hydrogen) atoms. The van der Waals surface area contributed by atoms with Crippen LogP contribution in [-0.2, 0) is 14.4 Å². The van der Waals surface area contributed by atoms with E-state index in [1.54, 1.807) is 16.7 Å². The molecule has 1 N–H and O–H groups in total. The van der Waals surface area contributed by atoms with Crippen LogP contribution in [0.2, 0.25) is 0 Å². The first-order chi connectivity index (χ1) is 15.5. The molecule has 3 amide bonds. The summed E-state index contributed by atoms with van der Waals surface area (Å²) in [6.07, 6.45) is 8.61. The fourth-order valence-electron chi connectivity index (χ4n) is 4.82. The molecule has 1 aromatic carbocycles. The Morgan fingerprint density at radius 3 is 2.69 bits per heavy atom. The van der Waals surface area contributed by atoms with E-state index in [9.17, 15) is 14.4 Å². The fourth-order valence-corrected chi connectivity index (χ4v) is 6.30. The van der Waals surface area contributed by atoms with Crippen LogP contribution in [0.3, 0.4) is 0 Å². The van der Waals surface area contributed by atoms with Gasteiger partial charge in [-0.2, -0.15) is 0 Å². The van der Waals surface area contributed by atoms with Crippen LogP contribution >= 0.6 is 11.8 Å². The second kappa shape index (κ2) is 10.6. The highest BCUT2D eigenvalue weighted by molar-refractivity contribution is 8.04. The maximum absolute atomic E-state index is 13.3. The molecule has 2 heterocycles. The van der Waals surface area contributed by atoms with Crippen LogP contribution in [0.5, 0.6) is 0 Å². The van der Waals surface area contributed by atoms with Gasteiger partial charge in [0.2, 0.25) is 11.8 Å². The van der Waals surface area contributed by atoms with Crippen molar-refractivity contribution in [1.29, 1.82) is 0 Å². The molecule has 1 aromatic rings. The lowest BCUT2D eigenvalue weighted by Crippen LogP contribution is -2.54. The number of carbonyl (C=O) groups is 3. The zero-order valence-electron chi connectivity index (χ0n) is 18.8. The first-order valence-corrected chi connectivity index (χ1v) is 12.7. The highest BCUT2D eigenvalue weighted by atomic mass is 32.2. The van der Waals surface area contributed by atoms with Crippen molar-refractivity contribution < 1.29 is 14.4 Å². The zero-order chi connectivity index (χ0) is 22.5. The van der Waals surface area contributed by atoms with Crippen LogP contribution < -0.4 is 5.32 Å². The number of fused-ring (bicyclic) bond motifs is 1. The standard InChI is InChI=1S/C25H33N3O3S/c1-18-9-11-19(12-10-18)16-22-25(31)28(20-6-2-3-7-21(20)32-22)17-23(29)26-13-5-15-27-14-4-8-24(27)30/h9-12,16,20-21H,2-8,13-15,17H2,1H3,(H,26,29)/b22-16+. The topological polar surface area (TPSA) is 69.7 Å². The highest BCUT2D eigenvalue weighted by Crippen LogP contribution is 2.42. The van der Waals surface area contributed by atoms with Crippen molar-refractivity contribution in [3.63, 3.8) is 0 Å². The van der Waals surface area contributed by atoms with Gasteiger partial charge >= 0.3 is 0 Å². The largest absolute Gasteiger partial charge is 0.354 e. The Balaban J connectivity index is 1.37. The number of hydrogen-bond acceptors (Lipinski definition) is 4. The van der Waals surface area contributed by atoms with E-state index in [4.69, 9.17) is 0 Å². The first-order valence-electron chi connectivity index (χ1n) is 11.8. The van der Waals surface area contributed by atoms with E-state index in [1.807, 2.05) is 30.0 Å². The minimum Gasteiger partial charge on any atom is -0.354 e. The summed E-state index contributed by atoms with van der Waals surface area (Å²) in [6, 6.07) is 8.30. The smallest absolute Gasteiger partial charge is 0.261 e. The lowest BCUT2D eigenvalue weighted by Gasteiger charge is -2.43. The van der Waals surface area contributed by atoms with E-state index in [0.717, 1.165) is 49.1 Å². The minimum atomic E-state index is -0.114. The van der Waals surface area contributed by atoms with E-state index in [0.29, 0.717) is 24.8 Å². The molecule has 0 aromatic heterocycles. The lowest BCUT2D eigenvalue weighted by atomic mass is 9.93. The van der Waals surface area contributed by atoms with Crippen molar-refractivity contribution in [2.75, 3.05) is 26.2 Å². The number of carbonyl (C=O) groups excluding carboxylic acids is 3. The molecule has 3 fully saturated rings. The Labute approximate surface area is 194 Å². The normalized spacial score (nSPS) is 24.7. The summed E-state index contributed by atoms with van der Waals surface area (Å²) in [5, 5.41) is 3.31. The third-order valence-electron chi connectivity index (χ3n) is 6.61. The summed E-state index contributed by atoms with van der Waals surface area (Å²) >= 11 is 1.69. The molecule has 0 radical (unpaired) electrons. The maximum Gasteiger partial charge on any atom is 0.261 e. The van der Waals surface area contributed by atoms with Crippen molar-refractivity contribution in [2.24, 2.45) is 0 Å². The summed E-state index contributed by atoms with van der Waals surface area (Å²) in [7, 11) is 0. The molecular weight excluding hydrogens is 422 g/mol. The van der Waals surface area contributed by atoms with Gasteiger partial charge in [-0.25, -0.2) is 0 Å². The van der Waals surface area contributed by atoms with Crippen LogP contribution in [0.15, 0.2) is 29.2 Å². The quantitative estimate of drug-likeness (QED) is 0.506. The van der Waals surface area contributed by atoms with Crippen molar-refractivity contribution in [2.45, 2.75) is 63.2 Å². The van der Waals surface area contributed by atoms with Crippen molar-refractivity contribution in [3.8, 4) is 0 Å². The number of rotatable bonds is 7. The van der Waals surface area contributed by atoms with Crippen molar-refractivity contribution >= 4 is 35.6 Å². The van der Waals surface area contributed by atoms with Gasteiger partial charge in [-0.1, -0.05) is 42.7 Å². The Kier molecular flexibility index (Phi) is 7.55. The first kappa shape index (κ1) is 22.9. The van der Waals surface area contributed by atoms with Crippen molar-refractivity contribution in [1.82, 2.24) is 15.1 Å². The van der Waals surface area contributed by atoms with E-state index < -0.39 is 0 Å². The lowest BCUT2D eigenvalue weighted by molar-refractivity contribution is -0.135. The summed E-state index contributed by atoms with van der Waals surface area (Å²) < 4.78 is 0. The number of amides is 3. The van der Waals surface area contributed by atoms with Crippen LogP contribution in [0.1, 0.15) is 56.1 Å². The predicted molar refractivity (Wildman–Crippen MR) is 128 cm³/mol. The SMILES string of the molecule is Cc1ccc(/C=C2/SC3CCCCC3N(CC(=O)NCCCN3CCCC3=O)C2=O)cc1. The van der Waals surface area contributed by atoms with Crippen LogP contribution in [0.4, 0.5) is 0 Å². The number of hydrogen-bond donors (Lipinski definition) is 1. The van der Waals surface area contributed by atoms with Crippen LogP contribution in [0.25, 0.3) is 6.08 Å². The Bertz CT molecular complexity index is 883.